The second kappa shape index (κ2) is 5.66. The van der Waals surface area contributed by atoms with Gasteiger partial charge in [0.25, 0.3) is 0 Å². The minimum absolute atomic E-state index is 0.595. The van der Waals surface area contributed by atoms with Crippen LogP contribution in [0.3, 0.4) is 0 Å². The molecule has 0 fully saturated rings. The fraction of sp³-hybridized carbons (Fsp3) is 0.462. The minimum Gasteiger partial charge on any atom is -0.491 e. The van der Waals surface area contributed by atoms with Crippen LogP contribution < -0.4 is 4.74 Å². The van der Waals surface area contributed by atoms with Crippen molar-refractivity contribution in [2.24, 2.45) is 0 Å². The van der Waals surface area contributed by atoms with E-state index in [1.807, 2.05) is 45.0 Å². The number of likely N-dealkylation sites (N-methyl/N-ethyl adjacent to an activating group) is 1. The van der Waals surface area contributed by atoms with Gasteiger partial charge >= 0.3 is 0 Å². The summed E-state index contributed by atoms with van der Waals surface area (Å²) in [7, 11) is 3.98. The highest BCUT2D eigenvalue weighted by Gasteiger charge is 2.07. The summed E-state index contributed by atoms with van der Waals surface area (Å²) in [5.74, 6) is 0.711. The molecule has 0 aliphatic carbocycles. The van der Waals surface area contributed by atoms with Crippen molar-refractivity contribution in [3.63, 3.8) is 0 Å². The van der Waals surface area contributed by atoms with Gasteiger partial charge in [0.05, 0.1) is 5.56 Å². The van der Waals surface area contributed by atoms with E-state index < -0.39 is 0 Å². The molecule has 0 saturated carbocycles. The van der Waals surface area contributed by atoms with Gasteiger partial charge in [-0.1, -0.05) is 6.07 Å². The van der Waals surface area contributed by atoms with Crippen LogP contribution in [0.1, 0.15) is 21.5 Å². The largest absolute Gasteiger partial charge is 0.491 e. The molecule has 0 spiro atoms. The molecule has 0 radical (unpaired) electrons. The lowest BCUT2D eigenvalue weighted by Gasteiger charge is -2.14. The van der Waals surface area contributed by atoms with E-state index in [1.165, 1.54) is 0 Å². The van der Waals surface area contributed by atoms with Gasteiger partial charge in [0, 0.05) is 6.54 Å². The van der Waals surface area contributed by atoms with Crippen LogP contribution in [0.4, 0.5) is 0 Å². The molecule has 16 heavy (non-hydrogen) atoms. The Hall–Kier alpha value is -1.35. The summed E-state index contributed by atoms with van der Waals surface area (Å²) in [6.45, 7) is 5.37. The predicted octanol–water partition coefficient (Wildman–Crippen LogP) is 2.06. The van der Waals surface area contributed by atoms with E-state index in [0.29, 0.717) is 17.9 Å². The van der Waals surface area contributed by atoms with Crippen molar-refractivity contribution in [3.05, 3.63) is 28.8 Å². The highest BCUT2D eigenvalue weighted by molar-refractivity contribution is 5.80. The summed E-state index contributed by atoms with van der Waals surface area (Å²) in [6, 6.07) is 3.88. The molecular weight excluding hydrogens is 202 g/mol. The molecule has 0 heterocycles. The maximum atomic E-state index is 10.9. The molecule has 0 aliphatic rings. The van der Waals surface area contributed by atoms with Crippen molar-refractivity contribution < 1.29 is 9.53 Å². The van der Waals surface area contributed by atoms with E-state index >= 15 is 0 Å². The Bertz CT molecular complexity index is 372. The quantitative estimate of drug-likeness (QED) is 0.713. The molecule has 1 aromatic rings. The summed E-state index contributed by atoms with van der Waals surface area (Å²) in [5, 5.41) is 0. The molecule has 0 aromatic heterocycles. The number of aldehydes is 1. The molecule has 0 atom stereocenters. The Labute approximate surface area is 97.0 Å². The van der Waals surface area contributed by atoms with Crippen molar-refractivity contribution >= 4 is 6.29 Å². The summed E-state index contributed by atoms with van der Waals surface area (Å²) in [6.07, 6.45) is 0.852. The van der Waals surface area contributed by atoms with E-state index in [2.05, 4.69) is 0 Å². The van der Waals surface area contributed by atoms with Gasteiger partial charge in [0.1, 0.15) is 12.4 Å². The van der Waals surface area contributed by atoms with Gasteiger partial charge in [-0.3, -0.25) is 4.79 Å². The molecular formula is C13H19NO2. The van der Waals surface area contributed by atoms with Crippen LogP contribution in [-0.2, 0) is 0 Å². The standard InChI is InChI=1S/C13H19NO2/c1-10-7-11(2)13(12(8-10)9-15)16-6-5-14(3)4/h7-9H,5-6H2,1-4H3. The SMILES string of the molecule is Cc1cc(C)c(OCCN(C)C)c(C=O)c1. The maximum absolute atomic E-state index is 10.9. The number of carbonyl (C=O) groups is 1. The third-order valence-electron chi connectivity index (χ3n) is 2.36. The van der Waals surface area contributed by atoms with Crippen molar-refractivity contribution in [2.45, 2.75) is 13.8 Å². The van der Waals surface area contributed by atoms with Gasteiger partial charge in [0.2, 0.25) is 0 Å². The Kier molecular flexibility index (Phi) is 4.50. The van der Waals surface area contributed by atoms with Crippen molar-refractivity contribution in [1.82, 2.24) is 4.90 Å². The lowest BCUT2D eigenvalue weighted by Crippen LogP contribution is -2.20. The van der Waals surface area contributed by atoms with Crippen LogP contribution in [0.5, 0.6) is 5.75 Å². The van der Waals surface area contributed by atoms with Gasteiger partial charge in [-0.25, -0.2) is 0 Å². The Morgan fingerprint density at radius 3 is 2.56 bits per heavy atom. The summed E-state index contributed by atoms with van der Waals surface area (Å²) in [4.78, 5) is 13.0. The molecule has 3 heteroatoms. The lowest BCUT2D eigenvalue weighted by molar-refractivity contribution is 0.111. The Morgan fingerprint density at radius 1 is 1.31 bits per heavy atom. The zero-order valence-corrected chi connectivity index (χ0v) is 10.4. The Balaban J connectivity index is 2.81. The number of carbonyl (C=O) groups excluding carboxylic acids is 1. The van der Waals surface area contributed by atoms with Crippen LogP contribution >= 0.6 is 0 Å². The lowest BCUT2D eigenvalue weighted by atomic mass is 10.1. The average molecular weight is 221 g/mol. The van der Waals surface area contributed by atoms with Gasteiger partial charge in [0.15, 0.2) is 6.29 Å². The molecule has 0 N–H and O–H groups in total. The van der Waals surface area contributed by atoms with E-state index in [4.69, 9.17) is 4.74 Å². The van der Waals surface area contributed by atoms with Gasteiger partial charge in [-0.2, -0.15) is 0 Å². The highest BCUT2D eigenvalue weighted by Crippen LogP contribution is 2.23. The topological polar surface area (TPSA) is 29.5 Å². The normalized spacial score (nSPS) is 10.6. The molecule has 88 valence electrons. The van der Waals surface area contributed by atoms with Gasteiger partial charge in [-0.15, -0.1) is 0 Å². The average Bonchev–Trinajstić information content (AvgIpc) is 2.20. The third-order valence-corrected chi connectivity index (χ3v) is 2.36. The van der Waals surface area contributed by atoms with Gasteiger partial charge < -0.3 is 9.64 Å². The first-order valence-electron chi connectivity index (χ1n) is 5.38. The van der Waals surface area contributed by atoms with Crippen molar-refractivity contribution in [3.8, 4) is 5.75 Å². The Morgan fingerprint density at radius 2 is 2.00 bits per heavy atom. The second-order valence-electron chi connectivity index (χ2n) is 4.27. The fourth-order valence-corrected chi connectivity index (χ4v) is 1.60. The first-order chi connectivity index (χ1) is 7.54. The molecule has 0 unspecified atom stereocenters. The second-order valence-corrected chi connectivity index (χ2v) is 4.27. The summed E-state index contributed by atoms with van der Waals surface area (Å²) >= 11 is 0. The number of hydrogen-bond acceptors (Lipinski definition) is 3. The van der Waals surface area contributed by atoms with E-state index in [1.54, 1.807) is 0 Å². The third kappa shape index (κ3) is 3.35. The van der Waals surface area contributed by atoms with Crippen molar-refractivity contribution in [2.75, 3.05) is 27.2 Å². The number of ether oxygens (including phenoxy) is 1. The van der Waals surface area contributed by atoms with Crippen LogP contribution in [0, 0.1) is 13.8 Å². The molecule has 1 aromatic carbocycles. The van der Waals surface area contributed by atoms with Crippen LogP contribution in [0.15, 0.2) is 12.1 Å². The number of nitrogens with zero attached hydrogens (tertiary/aromatic N) is 1. The van der Waals surface area contributed by atoms with Crippen LogP contribution in [0.25, 0.3) is 0 Å². The highest BCUT2D eigenvalue weighted by atomic mass is 16.5. The smallest absolute Gasteiger partial charge is 0.153 e. The maximum Gasteiger partial charge on any atom is 0.153 e. The molecule has 3 nitrogen and oxygen atoms in total. The monoisotopic (exact) mass is 221 g/mol. The van der Waals surface area contributed by atoms with Crippen LogP contribution in [0.2, 0.25) is 0 Å². The van der Waals surface area contributed by atoms with E-state index in [9.17, 15) is 4.79 Å². The van der Waals surface area contributed by atoms with E-state index in [-0.39, 0.29) is 0 Å². The molecule has 0 aliphatic heterocycles. The van der Waals surface area contributed by atoms with Crippen molar-refractivity contribution in [1.29, 1.82) is 0 Å². The summed E-state index contributed by atoms with van der Waals surface area (Å²) in [5.41, 5.74) is 2.73. The molecule has 1 rings (SSSR count). The zero-order chi connectivity index (χ0) is 12.1. The minimum atomic E-state index is 0.595. The molecule has 0 saturated heterocycles. The fourth-order valence-electron chi connectivity index (χ4n) is 1.60. The number of rotatable bonds is 5. The first kappa shape index (κ1) is 12.7. The van der Waals surface area contributed by atoms with Crippen LogP contribution in [-0.4, -0.2) is 38.4 Å². The predicted molar refractivity (Wildman–Crippen MR) is 65.4 cm³/mol. The van der Waals surface area contributed by atoms with Gasteiger partial charge in [-0.05, 0) is 45.1 Å². The summed E-state index contributed by atoms with van der Waals surface area (Å²) < 4.78 is 5.65. The number of hydrogen-bond donors (Lipinski definition) is 0. The zero-order valence-electron chi connectivity index (χ0n) is 10.4. The molecule has 0 bridgehead atoms. The first-order valence-corrected chi connectivity index (χ1v) is 5.38. The number of benzene rings is 1. The number of aryl methyl sites for hydroxylation is 2. The van der Waals surface area contributed by atoms with E-state index in [0.717, 1.165) is 24.0 Å². The molecule has 0 amide bonds.